The minimum atomic E-state index is -0.696. The second-order valence-electron chi connectivity index (χ2n) is 6.67. The highest BCUT2D eigenvalue weighted by atomic mass is 16.2. The lowest BCUT2D eigenvalue weighted by Crippen LogP contribution is -2.59. The summed E-state index contributed by atoms with van der Waals surface area (Å²) >= 11 is 0. The Balaban J connectivity index is 1.72. The number of hydrogen-bond acceptors (Lipinski definition) is 3. The monoisotopic (exact) mass is 343 g/mol. The number of benzene rings is 1. The molecule has 1 atom stereocenters. The third kappa shape index (κ3) is 3.67. The maximum absolute atomic E-state index is 12.9. The van der Waals surface area contributed by atoms with E-state index in [-0.39, 0.29) is 18.5 Å². The van der Waals surface area contributed by atoms with Gasteiger partial charge in [0.2, 0.25) is 0 Å². The third-order valence-corrected chi connectivity index (χ3v) is 5.13. The minimum Gasteiger partial charge on any atom is -0.333 e. The molecule has 0 aromatic heterocycles. The van der Waals surface area contributed by atoms with E-state index in [1.54, 1.807) is 4.90 Å². The van der Waals surface area contributed by atoms with Crippen LogP contribution in [0.15, 0.2) is 30.3 Å². The number of rotatable bonds is 2. The van der Waals surface area contributed by atoms with E-state index in [0.29, 0.717) is 26.2 Å². The molecule has 6 nitrogen and oxygen atoms in total. The van der Waals surface area contributed by atoms with Crippen molar-refractivity contribution in [3.05, 3.63) is 35.9 Å². The molecule has 2 aliphatic rings. The van der Waals surface area contributed by atoms with Gasteiger partial charge in [-0.15, -0.1) is 0 Å². The van der Waals surface area contributed by atoms with E-state index in [9.17, 15) is 14.4 Å². The molecule has 2 saturated heterocycles. The molecule has 0 radical (unpaired) electrons. The zero-order valence-corrected chi connectivity index (χ0v) is 14.7. The lowest BCUT2D eigenvalue weighted by Gasteiger charge is -2.35. The molecule has 1 unspecified atom stereocenters. The van der Waals surface area contributed by atoms with Crippen molar-refractivity contribution in [2.75, 3.05) is 32.7 Å². The summed E-state index contributed by atoms with van der Waals surface area (Å²) in [4.78, 5) is 41.6. The molecule has 0 bridgehead atoms. The predicted molar refractivity (Wildman–Crippen MR) is 94.0 cm³/mol. The van der Waals surface area contributed by atoms with Gasteiger partial charge in [-0.2, -0.15) is 0 Å². The lowest BCUT2D eigenvalue weighted by molar-refractivity contribution is -0.153. The molecule has 2 heterocycles. The van der Waals surface area contributed by atoms with Crippen molar-refractivity contribution in [3.63, 3.8) is 0 Å². The van der Waals surface area contributed by atoms with E-state index in [1.807, 2.05) is 25.1 Å². The Kier molecular flexibility index (Phi) is 5.36. The first-order valence-corrected chi connectivity index (χ1v) is 9.06. The van der Waals surface area contributed by atoms with Gasteiger partial charge in [0.1, 0.15) is 0 Å². The van der Waals surface area contributed by atoms with Crippen molar-refractivity contribution >= 4 is 17.8 Å². The Morgan fingerprint density at radius 2 is 1.80 bits per heavy atom. The molecule has 2 fully saturated rings. The minimum absolute atomic E-state index is 0.274. The van der Waals surface area contributed by atoms with Gasteiger partial charge in [-0.3, -0.25) is 14.5 Å². The van der Waals surface area contributed by atoms with Crippen LogP contribution in [0.25, 0.3) is 0 Å². The second kappa shape index (κ2) is 7.68. The number of amides is 4. The number of piperazine rings is 1. The number of nitrogens with zero attached hydrogens (tertiary/aromatic N) is 3. The molecule has 0 N–H and O–H groups in total. The number of carbonyl (C=O) groups is 3. The number of likely N-dealkylation sites (N-methyl/N-ethyl adjacent to an activating group) is 1. The number of imide groups is 1. The molecule has 4 amide bonds. The summed E-state index contributed by atoms with van der Waals surface area (Å²) < 4.78 is 0. The standard InChI is InChI=1S/C19H25N3O3/c1-2-20-12-13-22(18(24)17(20)23)19(25)21-11-7-6-10-16(14-21)15-8-4-3-5-9-15/h3-5,8-9,16H,2,6-7,10-14H2,1H3. The Morgan fingerprint density at radius 1 is 1.04 bits per heavy atom. The van der Waals surface area contributed by atoms with Crippen LogP contribution in [0.1, 0.15) is 37.7 Å². The summed E-state index contributed by atoms with van der Waals surface area (Å²) in [5.74, 6) is -0.995. The molecular weight excluding hydrogens is 318 g/mol. The molecule has 134 valence electrons. The number of hydrogen-bond donors (Lipinski definition) is 0. The zero-order chi connectivity index (χ0) is 17.8. The van der Waals surface area contributed by atoms with Crippen molar-refractivity contribution in [1.82, 2.24) is 14.7 Å². The van der Waals surface area contributed by atoms with Crippen LogP contribution in [-0.4, -0.2) is 65.3 Å². The Labute approximate surface area is 148 Å². The molecule has 2 aliphatic heterocycles. The summed E-state index contributed by atoms with van der Waals surface area (Å²) in [6, 6.07) is 9.87. The molecule has 0 saturated carbocycles. The summed E-state index contributed by atoms with van der Waals surface area (Å²) in [7, 11) is 0. The average Bonchev–Trinajstić information content (AvgIpc) is 2.90. The highest BCUT2D eigenvalue weighted by Crippen LogP contribution is 2.27. The first-order chi connectivity index (χ1) is 12.1. The van der Waals surface area contributed by atoms with Crippen LogP contribution >= 0.6 is 0 Å². The van der Waals surface area contributed by atoms with E-state index in [4.69, 9.17) is 0 Å². The van der Waals surface area contributed by atoms with E-state index in [1.165, 1.54) is 10.5 Å². The van der Waals surface area contributed by atoms with E-state index in [0.717, 1.165) is 24.2 Å². The molecule has 3 rings (SSSR count). The Morgan fingerprint density at radius 3 is 2.52 bits per heavy atom. The zero-order valence-electron chi connectivity index (χ0n) is 14.7. The fourth-order valence-electron chi connectivity index (χ4n) is 3.64. The van der Waals surface area contributed by atoms with Gasteiger partial charge in [0, 0.05) is 38.6 Å². The third-order valence-electron chi connectivity index (χ3n) is 5.13. The van der Waals surface area contributed by atoms with Crippen molar-refractivity contribution in [1.29, 1.82) is 0 Å². The van der Waals surface area contributed by atoms with Crippen LogP contribution in [0, 0.1) is 0 Å². The van der Waals surface area contributed by atoms with Crippen molar-refractivity contribution in [2.45, 2.75) is 32.1 Å². The Hall–Kier alpha value is -2.37. The van der Waals surface area contributed by atoms with E-state index < -0.39 is 11.8 Å². The molecule has 0 spiro atoms. The number of urea groups is 1. The fraction of sp³-hybridized carbons (Fsp3) is 0.526. The van der Waals surface area contributed by atoms with Crippen LogP contribution in [0.5, 0.6) is 0 Å². The smallest absolute Gasteiger partial charge is 0.327 e. The molecular formula is C19H25N3O3. The highest BCUT2D eigenvalue weighted by Gasteiger charge is 2.38. The van der Waals surface area contributed by atoms with Gasteiger partial charge >= 0.3 is 17.8 Å². The van der Waals surface area contributed by atoms with Crippen molar-refractivity contribution in [3.8, 4) is 0 Å². The fourth-order valence-corrected chi connectivity index (χ4v) is 3.64. The van der Waals surface area contributed by atoms with Gasteiger partial charge < -0.3 is 9.80 Å². The molecule has 1 aromatic carbocycles. The van der Waals surface area contributed by atoms with Gasteiger partial charge in [0.25, 0.3) is 0 Å². The SMILES string of the molecule is CCN1CCN(C(=O)N2CCCCC(c3ccccc3)C2)C(=O)C1=O. The normalized spacial score (nSPS) is 22.1. The Bertz CT molecular complexity index is 647. The quantitative estimate of drug-likeness (QED) is 0.772. The van der Waals surface area contributed by atoms with Crippen molar-refractivity contribution < 1.29 is 14.4 Å². The summed E-state index contributed by atoms with van der Waals surface area (Å²) in [5.41, 5.74) is 1.22. The summed E-state index contributed by atoms with van der Waals surface area (Å²) in [5, 5.41) is 0. The van der Waals surface area contributed by atoms with Crippen LogP contribution < -0.4 is 0 Å². The van der Waals surface area contributed by atoms with Gasteiger partial charge in [0.15, 0.2) is 0 Å². The maximum atomic E-state index is 12.9. The number of likely N-dealkylation sites (tertiary alicyclic amines) is 1. The molecule has 1 aromatic rings. The van der Waals surface area contributed by atoms with Crippen LogP contribution in [0.4, 0.5) is 4.79 Å². The molecule has 0 aliphatic carbocycles. The number of carbonyl (C=O) groups excluding carboxylic acids is 3. The lowest BCUT2D eigenvalue weighted by atomic mass is 9.94. The topological polar surface area (TPSA) is 60.9 Å². The predicted octanol–water partition coefficient (Wildman–Crippen LogP) is 2.07. The highest BCUT2D eigenvalue weighted by molar-refractivity contribution is 6.38. The summed E-state index contributed by atoms with van der Waals surface area (Å²) in [6.07, 6.45) is 3.01. The van der Waals surface area contributed by atoms with Gasteiger partial charge in [-0.25, -0.2) is 4.79 Å². The first kappa shape index (κ1) is 17.5. The van der Waals surface area contributed by atoms with E-state index >= 15 is 0 Å². The van der Waals surface area contributed by atoms with Gasteiger partial charge in [0.05, 0.1) is 0 Å². The van der Waals surface area contributed by atoms with Crippen LogP contribution in [0.3, 0.4) is 0 Å². The van der Waals surface area contributed by atoms with Gasteiger partial charge in [-0.1, -0.05) is 36.8 Å². The first-order valence-electron chi connectivity index (χ1n) is 9.06. The van der Waals surface area contributed by atoms with Crippen LogP contribution in [-0.2, 0) is 9.59 Å². The average molecular weight is 343 g/mol. The largest absolute Gasteiger partial charge is 0.333 e. The summed E-state index contributed by atoms with van der Waals surface area (Å²) in [6.45, 7) is 4.26. The van der Waals surface area contributed by atoms with Crippen LogP contribution in [0.2, 0.25) is 0 Å². The van der Waals surface area contributed by atoms with E-state index in [2.05, 4.69) is 12.1 Å². The molecule has 25 heavy (non-hydrogen) atoms. The van der Waals surface area contributed by atoms with Crippen molar-refractivity contribution in [2.24, 2.45) is 0 Å². The van der Waals surface area contributed by atoms with Gasteiger partial charge in [-0.05, 0) is 25.3 Å². The maximum Gasteiger partial charge on any atom is 0.327 e. The molecule has 6 heteroatoms. The second-order valence-corrected chi connectivity index (χ2v) is 6.67.